The summed E-state index contributed by atoms with van der Waals surface area (Å²) in [5.41, 5.74) is 0. The molecule has 11 nitrogen and oxygen atoms in total. The Hall–Kier alpha value is -0.440. The Labute approximate surface area is 130 Å². The third-order valence-corrected chi connectivity index (χ3v) is 4.05. The van der Waals surface area contributed by atoms with E-state index in [1.807, 2.05) is 0 Å². The molecular formula is C12H22O11. The van der Waals surface area contributed by atoms with E-state index in [0.29, 0.717) is 0 Å². The molecule has 8 N–H and O–H groups in total. The van der Waals surface area contributed by atoms with Gasteiger partial charge in [-0.1, -0.05) is 0 Å². The van der Waals surface area contributed by atoms with Crippen molar-refractivity contribution in [3.05, 3.63) is 0 Å². The molecule has 0 bridgehead atoms. The first-order valence-corrected chi connectivity index (χ1v) is 7.04. The Bertz CT molecular complexity index is 393. The second-order valence-corrected chi connectivity index (χ2v) is 5.62. The molecule has 2 aliphatic heterocycles. The van der Waals surface area contributed by atoms with Crippen molar-refractivity contribution in [3.63, 3.8) is 0 Å². The van der Waals surface area contributed by atoms with E-state index in [0.717, 1.165) is 0 Å². The van der Waals surface area contributed by atoms with Crippen LogP contribution >= 0.6 is 0 Å². The third kappa shape index (κ3) is 3.50. The molecule has 2 saturated heterocycles. The highest BCUT2D eigenvalue weighted by atomic mass is 16.7. The van der Waals surface area contributed by atoms with E-state index in [4.69, 9.17) is 24.4 Å². The summed E-state index contributed by atoms with van der Waals surface area (Å²) in [6, 6.07) is 0. The van der Waals surface area contributed by atoms with Gasteiger partial charge in [0.05, 0.1) is 19.8 Å². The Morgan fingerprint density at radius 2 is 1.61 bits per heavy atom. The van der Waals surface area contributed by atoms with Crippen LogP contribution < -0.4 is 0 Å². The van der Waals surface area contributed by atoms with Gasteiger partial charge in [-0.2, -0.15) is 0 Å². The molecule has 0 aromatic rings. The van der Waals surface area contributed by atoms with Crippen molar-refractivity contribution in [2.24, 2.45) is 0 Å². The Kier molecular flexibility index (Phi) is 5.92. The standard InChI is InChI=1S/C12H22O11/c13-1-4-6(15)8(17)9(18)11(22-4)23-5-2-21-12(20,3-14)10(19)7(5)16/h4-11,13-20H,1-3H2. The summed E-state index contributed by atoms with van der Waals surface area (Å²) >= 11 is 0. The van der Waals surface area contributed by atoms with Crippen LogP contribution in [0.3, 0.4) is 0 Å². The molecule has 11 heteroatoms. The average molecular weight is 342 g/mol. The van der Waals surface area contributed by atoms with E-state index < -0.39 is 74.6 Å². The molecule has 0 aromatic heterocycles. The smallest absolute Gasteiger partial charge is 0.218 e. The van der Waals surface area contributed by atoms with Crippen LogP contribution in [-0.2, 0) is 14.2 Å². The number of hydrogen-bond acceptors (Lipinski definition) is 11. The van der Waals surface area contributed by atoms with Crippen LogP contribution in [0.25, 0.3) is 0 Å². The molecule has 0 spiro atoms. The van der Waals surface area contributed by atoms with E-state index >= 15 is 0 Å². The predicted molar refractivity (Wildman–Crippen MR) is 68.6 cm³/mol. The van der Waals surface area contributed by atoms with Crippen LogP contribution in [0.15, 0.2) is 0 Å². The van der Waals surface area contributed by atoms with Gasteiger partial charge in [-0.15, -0.1) is 0 Å². The molecular weight excluding hydrogens is 320 g/mol. The van der Waals surface area contributed by atoms with Crippen molar-refractivity contribution in [2.75, 3.05) is 19.8 Å². The fourth-order valence-electron chi connectivity index (χ4n) is 2.49. The van der Waals surface area contributed by atoms with Crippen LogP contribution in [0, 0.1) is 0 Å². The molecule has 2 heterocycles. The first kappa shape index (κ1) is 18.9. The quantitative estimate of drug-likeness (QED) is 0.243. The van der Waals surface area contributed by atoms with Gasteiger partial charge in [0.25, 0.3) is 0 Å². The van der Waals surface area contributed by atoms with E-state index in [2.05, 4.69) is 0 Å². The lowest BCUT2D eigenvalue weighted by Crippen LogP contribution is -2.65. The van der Waals surface area contributed by atoms with Crippen molar-refractivity contribution in [2.45, 2.75) is 54.8 Å². The number of rotatable bonds is 4. The van der Waals surface area contributed by atoms with Gasteiger partial charge in [0.1, 0.15) is 42.7 Å². The van der Waals surface area contributed by atoms with Crippen molar-refractivity contribution < 1.29 is 55.1 Å². The zero-order chi connectivity index (χ0) is 17.4. The van der Waals surface area contributed by atoms with Crippen LogP contribution in [0.1, 0.15) is 0 Å². The molecule has 0 aliphatic carbocycles. The van der Waals surface area contributed by atoms with Crippen molar-refractivity contribution >= 4 is 0 Å². The fourth-order valence-corrected chi connectivity index (χ4v) is 2.49. The molecule has 0 radical (unpaired) electrons. The van der Waals surface area contributed by atoms with E-state index in [9.17, 15) is 30.6 Å². The lowest BCUT2D eigenvalue weighted by molar-refractivity contribution is -0.367. The molecule has 2 aliphatic rings. The van der Waals surface area contributed by atoms with Crippen molar-refractivity contribution in [3.8, 4) is 0 Å². The molecule has 136 valence electrons. The molecule has 2 fully saturated rings. The lowest BCUT2D eigenvalue weighted by atomic mass is 9.96. The van der Waals surface area contributed by atoms with Crippen LogP contribution in [0.5, 0.6) is 0 Å². The number of hydrogen-bond donors (Lipinski definition) is 8. The van der Waals surface area contributed by atoms with Gasteiger partial charge in [0.15, 0.2) is 6.29 Å². The van der Waals surface area contributed by atoms with Gasteiger partial charge in [-0.25, -0.2) is 0 Å². The first-order valence-electron chi connectivity index (χ1n) is 7.04. The summed E-state index contributed by atoms with van der Waals surface area (Å²) in [5, 5.41) is 76.6. The molecule has 2 rings (SSSR count). The molecule has 23 heavy (non-hydrogen) atoms. The topological polar surface area (TPSA) is 190 Å². The highest BCUT2D eigenvalue weighted by Gasteiger charge is 2.51. The lowest BCUT2D eigenvalue weighted by Gasteiger charge is -2.45. The third-order valence-electron chi connectivity index (χ3n) is 4.05. The van der Waals surface area contributed by atoms with Gasteiger partial charge >= 0.3 is 0 Å². The second-order valence-electron chi connectivity index (χ2n) is 5.62. The average Bonchev–Trinajstić information content (AvgIpc) is 2.55. The summed E-state index contributed by atoms with van der Waals surface area (Å²) in [6.45, 7) is -2.07. The van der Waals surface area contributed by atoms with Crippen LogP contribution in [-0.4, -0.2) is 115 Å². The normalized spacial score (nSPS) is 51.7. The van der Waals surface area contributed by atoms with E-state index in [-0.39, 0.29) is 0 Å². The maximum absolute atomic E-state index is 9.94. The molecule has 0 amide bonds. The Morgan fingerprint density at radius 1 is 0.957 bits per heavy atom. The van der Waals surface area contributed by atoms with E-state index in [1.54, 1.807) is 0 Å². The molecule has 9 atom stereocenters. The fraction of sp³-hybridized carbons (Fsp3) is 1.00. The van der Waals surface area contributed by atoms with Gasteiger partial charge in [0, 0.05) is 0 Å². The largest absolute Gasteiger partial charge is 0.394 e. The van der Waals surface area contributed by atoms with Crippen LogP contribution in [0.2, 0.25) is 0 Å². The highest BCUT2D eigenvalue weighted by molar-refractivity contribution is 4.94. The summed E-state index contributed by atoms with van der Waals surface area (Å²) in [6.07, 6.45) is -12.5. The molecule has 9 unspecified atom stereocenters. The Balaban J connectivity index is 2.04. The van der Waals surface area contributed by atoms with Gasteiger partial charge in [-0.3, -0.25) is 0 Å². The van der Waals surface area contributed by atoms with Crippen LogP contribution in [0.4, 0.5) is 0 Å². The summed E-state index contributed by atoms with van der Waals surface area (Å²) in [7, 11) is 0. The highest BCUT2D eigenvalue weighted by Crippen LogP contribution is 2.29. The second kappa shape index (κ2) is 7.21. The predicted octanol–water partition coefficient (Wildman–Crippen LogP) is -5.40. The maximum atomic E-state index is 9.94. The minimum atomic E-state index is -2.35. The zero-order valence-corrected chi connectivity index (χ0v) is 12.0. The van der Waals surface area contributed by atoms with E-state index in [1.165, 1.54) is 0 Å². The summed E-state index contributed by atoms with van der Waals surface area (Å²) < 4.78 is 15.2. The van der Waals surface area contributed by atoms with Gasteiger partial charge < -0.3 is 55.1 Å². The van der Waals surface area contributed by atoms with Crippen molar-refractivity contribution in [1.29, 1.82) is 0 Å². The van der Waals surface area contributed by atoms with Gasteiger partial charge in [-0.05, 0) is 0 Å². The SMILES string of the molecule is OCC1OC(OC2COC(O)(CO)C(O)C2O)C(O)C(O)C1O. The molecule has 0 saturated carbocycles. The van der Waals surface area contributed by atoms with Gasteiger partial charge in [0.2, 0.25) is 5.79 Å². The number of aliphatic hydroxyl groups excluding tert-OH is 7. The summed E-state index contributed by atoms with van der Waals surface area (Å²) in [4.78, 5) is 0. The number of ether oxygens (including phenoxy) is 3. The minimum Gasteiger partial charge on any atom is -0.394 e. The van der Waals surface area contributed by atoms with Crippen molar-refractivity contribution in [1.82, 2.24) is 0 Å². The monoisotopic (exact) mass is 342 g/mol. The minimum absolute atomic E-state index is 0.454. The Morgan fingerprint density at radius 3 is 2.17 bits per heavy atom. The first-order chi connectivity index (χ1) is 10.7. The summed E-state index contributed by atoms with van der Waals surface area (Å²) in [5.74, 6) is -2.35. The maximum Gasteiger partial charge on any atom is 0.218 e. The number of aliphatic hydroxyl groups is 8. The molecule has 0 aromatic carbocycles. The zero-order valence-electron chi connectivity index (χ0n) is 12.0.